The Hall–Kier alpha value is -8.73. The fourth-order valence-electron chi connectivity index (χ4n) is 10.2. The van der Waals surface area contributed by atoms with E-state index in [1.807, 2.05) is 6.07 Å². The number of rotatable bonds is 6. The Morgan fingerprint density at radius 2 is 0.508 bits per heavy atom. The molecular formula is C61H39N3O. The van der Waals surface area contributed by atoms with Gasteiger partial charge in [0.25, 0.3) is 0 Å². The Morgan fingerprint density at radius 3 is 0.938 bits per heavy atom. The molecule has 0 N–H and O–H groups in total. The van der Waals surface area contributed by atoms with Crippen LogP contribution in [0.1, 0.15) is 0 Å². The van der Waals surface area contributed by atoms with Gasteiger partial charge >= 0.3 is 0 Å². The maximum absolute atomic E-state index is 15.2. The SMILES string of the molecule is O=c1c2cc(-c3ccc4c(c3)c3ccccc3n4-c3ccccc3)ccc2n(-c2ccc(-c3ccccc3)cc2)c2ccc(-c3ccc4c(c3)c3ccccc3n4-c3ccccc3)cc12. The molecule has 0 aliphatic rings. The fraction of sp³-hybridized carbons (Fsp3) is 0. The topological polar surface area (TPSA) is 31.9 Å². The van der Waals surface area contributed by atoms with Crippen molar-refractivity contribution >= 4 is 65.4 Å². The number of hydrogen-bond acceptors (Lipinski definition) is 1. The molecule has 0 saturated carbocycles. The molecule has 0 unspecified atom stereocenters. The molecule has 304 valence electrons. The molecule has 0 radical (unpaired) electrons. The van der Waals surface area contributed by atoms with Crippen LogP contribution in [0.15, 0.2) is 241 Å². The zero-order chi connectivity index (χ0) is 43.0. The van der Waals surface area contributed by atoms with E-state index in [4.69, 9.17) is 0 Å². The highest BCUT2D eigenvalue weighted by Crippen LogP contribution is 2.38. The summed E-state index contributed by atoms with van der Waals surface area (Å²) < 4.78 is 6.92. The van der Waals surface area contributed by atoms with Crippen LogP contribution in [0.4, 0.5) is 0 Å². The molecule has 4 heteroatoms. The van der Waals surface area contributed by atoms with Crippen molar-refractivity contribution in [3.63, 3.8) is 0 Å². The smallest absolute Gasteiger partial charge is 0.197 e. The summed E-state index contributed by atoms with van der Waals surface area (Å²) in [7, 11) is 0. The third-order valence-electron chi connectivity index (χ3n) is 13.2. The Labute approximate surface area is 374 Å². The van der Waals surface area contributed by atoms with E-state index in [1.165, 1.54) is 21.5 Å². The van der Waals surface area contributed by atoms with Gasteiger partial charge in [-0.2, -0.15) is 0 Å². The van der Waals surface area contributed by atoms with Gasteiger partial charge in [0.2, 0.25) is 0 Å². The lowest BCUT2D eigenvalue weighted by molar-refractivity contribution is 1.16. The Kier molecular flexibility index (Phi) is 8.33. The van der Waals surface area contributed by atoms with Gasteiger partial charge in [-0.25, -0.2) is 0 Å². The van der Waals surface area contributed by atoms with Gasteiger partial charge in [0.15, 0.2) is 5.43 Å². The number of para-hydroxylation sites is 4. The molecule has 0 spiro atoms. The third kappa shape index (κ3) is 5.88. The van der Waals surface area contributed by atoms with Gasteiger partial charge in [0.05, 0.1) is 33.1 Å². The molecular weight excluding hydrogens is 791 g/mol. The van der Waals surface area contributed by atoms with Gasteiger partial charge < -0.3 is 13.7 Å². The van der Waals surface area contributed by atoms with Crippen molar-refractivity contribution < 1.29 is 0 Å². The minimum Gasteiger partial charge on any atom is -0.309 e. The van der Waals surface area contributed by atoms with Gasteiger partial charge in [-0.05, 0) is 130 Å². The molecule has 0 aliphatic carbocycles. The molecule has 3 heterocycles. The van der Waals surface area contributed by atoms with Gasteiger partial charge in [-0.1, -0.05) is 140 Å². The number of benzene rings is 10. The van der Waals surface area contributed by atoms with Gasteiger partial charge in [-0.3, -0.25) is 4.79 Å². The number of nitrogens with zero attached hydrogens (tertiary/aromatic N) is 3. The highest BCUT2D eigenvalue weighted by atomic mass is 16.1. The van der Waals surface area contributed by atoms with E-state index in [0.717, 1.165) is 83.5 Å². The first kappa shape index (κ1) is 36.9. The highest BCUT2D eigenvalue weighted by molar-refractivity contribution is 6.12. The van der Waals surface area contributed by atoms with Crippen molar-refractivity contribution in [2.45, 2.75) is 0 Å². The molecule has 10 aromatic carbocycles. The molecule has 0 saturated heterocycles. The van der Waals surface area contributed by atoms with Crippen LogP contribution in [0.5, 0.6) is 0 Å². The normalized spacial score (nSPS) is 11.8. The summed E-state index contributed by atoms with van der Waals surface area (Å²) >= 11 is 0. The zero-order valence-corrected chi connectivity index (χ0v) is 35.3. The van der Waals surface area contributed by atoms with Crippen molar-refractivity contribution in [3.8, 4) is 50.4 Å². The van der Waals surface area contributed by atoms with Crippen LogP contribution in [-0.4, -0.2) is 13.7 Å². The molecule has 3 aromatic heterocycles. The average molecular weight is 830 g/mol. The van der Waals surface area contributed by atoms with Crippen molar-refractivity contribution in [2.75, 3.05) is 0 Å². The van der Waals surface area contributed by atoms with E-state index in [9.17, 15) is 0 Å². The first-order valence-corrected chi connectivity index (χ1v) is 22.1. The average Bonchev–Trinajstić information content (AvgIpc) is 3.89. The van der Waals surface area contributed by atoms with E-state index < -0.39 is 0 Å². The van der Waals surface area contributed by atoms with Crippen LogP contribution < -0.4 is 5.43 Å². The molecule has 13 rings (SSSR count). The molecule has 4 nitrogen and oxygen atoms in total. The minimum atomic E-state index is 0.0133. The molecule has 0 fully saturated rings. The predicted octanol–water partition coefficient (Wildman–Crippen LogP) is 15.3. The van der Waals surface area contributed by atoms with E-state index in [0.29, 0.717) is 10.8 Å². The van der Waals surface area contributed by atoms with Gasteiger partial charge in [0, 0.05) is 49.4 Å². The minimum absolute atomic E-state index is 0.0133. The zero-order valence-electron chi connectivity index (χ0n) is 35.3. The Balaban J connectivity index is 1.01. The summed E-state index contributed by atoms with van der Waals surface area (Å²) in [6.45, 7) is 0. The van der Waals surface area contributed by atoms with E-state index in [1.54, 1.807) is 0 Å². The van der Waals surface area contributed by atoms with Crippen LogP contribution >= 0.6 is 0 Å². The summed E-state index contributed by atoms with van der Waals surface area (Å²) in [6.07, 6.45) is 0. The molecule has 0 amide bonds. The number of aromatic nitrogens is 3. The monoisotopic (exact) mass is 829 g/mol. The van der Waals surface area contributed by atoms with Crippen molar-refractivity contribution in [2.24, 2.45) is 0 Å². The van der Waals surface area contributed by atoms with Crippen LogP contribution in [0.3, 0.4) is 0 Å². The standard InChI is InChI=1S/C61H39N3O/c65-61-53-38-44(42-26-32-57-51(36-42)49-20-10-12-22-55(49)62(57)46-16-6-2-7-17-46)28-34-59(53)64(48-30-24-41(25-31-48)40-14-4-1-5-15-40)60-35-29-45(39-54(60)61)43-27-33-58-52(37-43)50-21-11-13-23-56(50)63(58)47-18-8-3-9-19-47/h1-39H. The molecule has 65 heavy (non-hydrogen) atoms. The van der Waals surface area contributed by atoms with Gasteiger partial charge in [0.1, 0.15) is 0 Å². The number of hydrogen-bond donors (Lipinski definition) is 0. The van der Waals surface area contributed by atoms with Crippen molar-refractivity contribution in [1.29, 1.82) is 0 Å². The maximum Gasteiger partial charge on any atom is 0.197 e. The van der Waals surface area contributed by atoms with E-state index in [2.05, 4.69) is 244 Å². The summed E-state index contributed by atoms with van der Waals surface area (Å²) in [5.74, 6) is 0. The van der Waals surface area contributed by atoms with Crippen LogP contribution in [-0.2, 0) is 0 Å². The lowest BCUT2D eigenvalue weighted by Crippen LogP contribution is -2.11. The van der Waals surface area contributed by atoms with Crippen molar-refractivity contribution in [3.05, 3.63) is 247 Å². The quantitative estimate of drug-likeness (QED) is 0.154. The Morgan fingerprint density at radius 1 is 0.215 bits per heavy atom. The van der Waals surface area contributed by atoms with Crippen LogP contribution in [0.2, 0.25) is 0 Å². The van der Waals surface area contributed by atoms with Crippen LogP contribution in [0, 0.1) is 0 Å². The first-order chi connectivity index (χ1) is 32.2. The molecule has 0 bridgehead atoms. The molecule has 13 aromatic rings. The van der Waals surface area contributed by atoms with Crippen molar-refractivity contribution in [1.82, 2.24) is 13.7 Å². The maximum atomic E-state index is 15.2. The van der Waals surface area contributed by atoms with E-state index in [-0.39, 0.29) is 5.43 Å². The lowest BCUT2D eigenvalue weighted by Gasteiger charge is -2.18. The lowest BCUT2D eigenvalue weighted by atomic mass is 9.97. The summed E-state index contributed by atoms with van der Waals surface area (Å²) in [5, 5.41) is 6.07. The van der Waals surface area contributed by atoms with Crippen LogP contribution in [0.25, 0.3) is 116 Å². The second kappa shape index (κ2) is 14.7. The fourth-order valence-corrected chi connectivity index (χ4v) is 10.2. The summed E-state index contributed by atoms with van der Waals surface area (Å²) in [6, 6.07) is 83.5. The highest BCUT2D eigenvalue weighted by Gasteiger charge is 2.18. The summed E-state index contributed by atoms with van der Waals surface area (Å²) in [4.78, 5) is 15.2. The van der Waals surface area contributed by atoms with Gasteiger partial charge in [-0.15, -0.1) is 0 Å². The second-order valence-corrected chi connectivity index (χ2v) is 16.9. The number of fused-ring (bicyclic) bond motifs is 8. The molecule has 0 aliphatic heterocycles. The third-order valence-corrected chi connectivity index (χ3v) is 13.2. The Bertz CT molecular complexity index is 3830. The van der Waals surface area contributed by atoms with E-state index >= 15 is 4.79 Å². The molecule has 0 atom stereocenters. The number of pyridine rings is 1. The second-order valence-electron chi connectivity index (χ2n) is 16.9. The predicted molar refractivity (Wildman–Crippen MR) is 272 cm³/mol. The largest absolute Gasteiger partial charge is 0.309 e. The first-order valence-electron chi connectivity index (χ1n) is 22.1. The summed E-state index contributed by atoms with van der Waals surface area (Å²) in [5.41, 5.74) is 16.0.